The molecule has 0 radical (unpaired) electrons. The zero-order valence-electron chi connectivity index (χ0n) is 13.4. The van der Waals surface area contributed by atoms with E-state index in [9.17, 15) is 13.2 Å². The molecule has 0 saturated heterocycles. The number of sulfone groups is 1. The van der Waals surface area contributed by atoms with Crippen molar-refractivity contribution in [3.63, 3.8) is 0 Å². The Balaban J connectivity index is 0.00000288. The van der Waals surface area contributed by atoms with E-state index in [0.717, 1.165) is 6.26 Å². The van der Waals surface area contributed by atoms with Crippen molar-refractivity contribution in [1.82, 2.24) is 0 Å². The topological polar surface area (TPSA) is 111 Å². The smallest absolute Gasteiger partial charge is 0.870 e. The van der Waals surface area contributed by atoms with E-state index < -0.39 is 15.8 Å². The number of carboxylic acids is 1. The molecule has 0 aromatic heterocycles. The van der Waals surface area contributed by atoms with E-state index >= 15 is 0 Å². The molecule has 10 heteroatoms. The largest absolute Gasteiger partial charge is 1.00 e. The average Bonchev–Trinajstić information content (AvgIpc) is 2.43. The van der Waals surface area contributed by atoms with Gasteiger partial charge in [-0.15, -0.1) is 0 Å². The fourth-order valence-corrected chi connectivity index (χ4v) is 2.91. The van der Waals surface area contributed by atoms with Crippen LogP contribution in [0.25, 0.3) is 0 Å². The van der Waals surface area contributed by atoms with Crippen molar-refractivity contribution in [1.29, 1.82) is 0 Å². The van der Waals surface area contributed by atoms with Gasteiger partial charge in [0.15, 0.2) is 9.84 Å². The first-order chi connectivity index (χ1) is 10.7. The van der Waals surface area contributed by atoms with Gasteiger partial charge in [0.1, 0.15) is 11.5 Å². The van der Waals surface area contributed by atoms with Gasteiger partial charge in [-0.2, -0.15) is 0 Å². The standard InChI is InChI=1S/C15H12Cl2O5S.Na.H2O/c1-23(20,21)10-3-5-13(12(17)8-10)22-14-6-9(7-15(18)19)2-4-11(14)16;;/h2-6,8H,7H2,1H3,(H,18,19);;1H2/q;+1;/p-1. The van der Waals surface area contributed by atoms with Gasteiger partial charge in [-0.25, -0.2) is 8.42 Å². The van der Waals surface area contributed by atoms with Crippen LogP contribution in [-0.2, 0) is 21.1 Å². The van der Waals surface area contributed by atoms with Crippen LogP contribution < -0.4 is 34.3 Å². The van der Waals surface area contributed by atoms with Crippen molar-refractivity contribution >= 4 is 39.0 Å². The molecular formula is C15H13Cl2NaO6S. The number of ether oxygens (including phenoxy) is 1. The summed E-state index contributed by atoms with van der Waals surface area (Å²) < 4.78 is 28.5. The third kappa shape index (κ3) is 6.79. The van der Waals surface area contributed by atoms with Crippen LogP contribution in [0, 0.1) is 0 Å². The first-order valence-electron chi connectivity index (χ1n) is 6.34. The Labute approximate surface area is 177 Å². The molecule has 0 bridgehead atoms. The molecule has 0 fully saturated rings. The molecule has 0 heterocycles. The molecule has 2 aromatic rings. The number of hydrogen-bond donors (Lipinski definition) is 1. The van der Waals surface area contributed by atoms with E-state index in [1.807, 2.05) is 0 Å². The van der Waals surface area contributed by atoms with Gasteiger partial charge in [-0.1, -0.05) is 29.3 Å². The van der Waals surface area contributed by atoms with Crippen molar-refractivity contribution in [2.75, 3.05) is 6.26 Å². The molecule has 0 aliphatic rings. The molecular weight excluding hydrogens is 402 g/mol. The fraction of sp³-hybridized carbons (Fsp3) is 0.133. The van der Waals surface area contributed by atoms with Gasteiger partial charge in [0, 0.05) is 6.26 Å². The van der Waals surface area contributed by atoms with Gasteiger partial charge in [0.05, 0.1) is 21.4 Å². The molecule has 0 unspecified atom stereocenters. The van der Waals surface area contributed by atoms with Gasteiger partial charge in [-0.05, 0) is 35.9 Å². The maximum Gasteiger partial charge on any atom is 1.00 e. The zero-order chi connectivity index (χ0) is 17.2. The first-order valence-corrected chi connectivity index (χ1v) is 8.99. The van der Waals surface area contributed by atoms with Crippen LogP contribution in [-0.4, -0.2) is 31.2 Å². The van der Waals surface area contributed by atoms with Gasteiger partial charge < -0.3 is 15.3 Å². The monoisotopic (exact) mass is 414 g/mol. The molecule has 2 rings (SSSR count). The number of carboxylic acid groups (broad SMARTS) is 1. The summed E-state index contributed by atoms with van der Waals surface area (Å²) in [6.45, 7) is 0. The van der Waals surface area contributed by atoms with E-state index in [4.69, 9.17) is 33.0 Å². The summed E-state index contributed by atoms with van der Waals surface area (Å²) in [6.07, 6.45) is 0.902. The van der Waals surface area contributed by atoms with Crippen LogP contribution >= 0.6 is 23.2 Å². The van der Waals surface area contributed by atoms with E-state index in [2.05, 4.69) is 0 Å². The molecule has 0 aliphatic carbocycles. The summed E-state index contributed by atoms with van der Waals surface area (Å²) in [5.41, 5.74) is 0.515. The number of carbonyl (C=O) groups is 1. The molecule has 0 amide bonds. The SMILES string of the molecule is CS(=O)(=O)c1ccc(Oc2cc(CC(=O)O)ccc2Cl)c(Cl)c1.[Na+].[OH-]. The molecule has 0 saturated carbocycles. The molecule has 25 heavy (non-hydrogen) atoms. The predicted octanol–water partition coefficient (Wildman–Crippen LogP) is 0.644. The summed E-state index contributed by atoms with van der Waals surface area (Å²) in [6, 6.07) is 8.66. The summed E-state index contributed by atoms with van der Waals surface area (Å²) in [4.78, 5) is 10.8. The summed E-state index contributed by atoms with van der Waals surface area (Å²) >= 11 is 12.1. The second-order valence-electron chi connectivity index (χ2n) is 4.80. The molecule has 2 N–H and O–H groups in total. The molecule has 6 nitrogen and oxygen atoms in total. The van der Waals surface area contributed by atoms with Crippen LogP contribution in [0.2, 0.25) is 10.0 Å². The summed E-state index contributed by atoms with van der Waals surface area (Å²) in [5.74, 6) is -0.526. The van der Waals surface area contributed by atoms with Crippen LogP contribution in [0.5, 0.6) is 11.5 Å². The van der Waals surface area contributed by atoms with Crippen LogP contribution in [0.3, 0.4) is 0 Å². The Bertz CT molecular complexity index is 870. The second-order valence-corrected chi connectivity index (χ2v) is 7.63. The van der Waals surface area contributed by atoms with E-state index in [1.165, 1.54) is 30.3 Å². The number of rotatable bonds is 5. The maximum atomic E-state index is 11.5. The van der Waals surface area contributed by atoms with Gasteiger partial charge in [-0.3, -0.25) is 4.79 Å². The minimum absolute atomic E-state index is 0. The maximum absolute atomic E-state index is 11.5. The summed E-state index contributed by atoms with van der Waals surface area (Å²) in [5, 5.41) is 9.20. The van der Waals surface area contributed by atoms with Crippen molar-refractivity contribution < 1.29 is 58.1 Å². The number of aliphatic carboxylic acids is 1. The van der Waals surface area contributed by atoms with E-state index in [1.54, 1.807) is 6.07 Å². The molecule has 0 atom stereocenters. The minimum atomic E-state index is -3.37. The Kier molecular flexibility index (Phi) is 9.46. The number of hydrogen-bond acceptors (Lipinski definition) is 5. The van der Waals surface area contributed by atoms with Gasteiger partial charge >= 0.3 is 35.5 Å². The molecule has 130 valence electrons. The van der Waals surface area contributed by atoms with Crippen LogP contribution in [0.4, 0.5) is 0 Å². The van der Waals surface area contributed by atoms with Crippen molar-refractivity contribution in [2.45, 2.75) is 11.3 Å². The van der Waals surface area contributed by atoms with Gasteiger partial charge in [0.2, 0.25) is 0 Å². The van der Waals surface area contributed by atoms with Crippen molar-refractivity contribution in [2.24, 2.45) is 0 Å². The Morgan fingerprint density at radius 3 is 2.24 bits per heavy atom. The number of benzene rings is 2. The van der Waals surface area contributed by atoms with Crippen LogP contribution in [0.1, 0.15) is 5.56 Å². The minimum Gasteiger partial charge on any atom is -0.870 e. The summed E-state index contributed by atoms with van der Waals surface area (Å²) in [7, 11) is -3.37. The quantitative estimate of drug-likeness (QED) is 0.718. The molecule has 2 aromatic carbocycles. The fourth-order valence-electron chi connectivity index (χ4n) is 1.82. The van der Waals surface area contributed by atoms with Crippen molar-refractivity contribution in [3.05, 3.63) is 52.0 Å². The third-order valence-corrected chi connectivity index (χ3v) is 4.62. The Morgan fingerprint density at radius 2 is 1.72 bits per heavy atom. The number of halogens is 2. The second kappa shape index (κ2) is 9.78. The molecule has 0 aliphatic heterocycles. The normalized spacial score (nSPS) is 10.4. The van der Waals surface area contributed by atoms with Crippen LogP contribution in [0.15, 0.2) is 41.3 Å². The predicted molar refractivity (Wildman–Crippen MR) is 89.4 cm³/mol. The molecule has 0 spiro atoms. The Hall–Kier alpha value is -0.800. The zero-order valence-corrected chi connectivity index (χ0v) is 17.7. The van der Waals surface area contributed by atoms with E-state index in [-0.39, 0.29) is 67.9 Å². The van der Waals surface area contributed by atoms with E-state index in [0.29, 0.717) is 5.56 Å². The Morgan fingerprint density at radius 1 is 1.08 bits per heavy atom. The average molecular weight is 415 g/mol. The third-order valence-electron chi connectivity index (χ3n) is 2.90. The van der Waals surface area contributed by atoms with Gasteiger partial charge in [0.25, 0.3) is 0 Å². The first kappa shape index (κ1) is 24.2. The van der Waals surface area contributed by atoms with Crippen molar-refractivity contribution in [3.8, 4) is 11.5 Å².